The minimum Gasteiger partial charge on any atom is -0.444 e. The van der Waals surface area contributed by atoms with Crippen molar-refractivity contribution in [1.82, 2.24) is 5.32 Å². The van der Waals surface area contributed by atoms with Crippen molar-refractivity contribution in [2.75, 3.05) is 0 Å². The van der Waals surface area contributed by atoms with Gasteiger partial charge in [-0.2, -0.15) is 0 Å². The number of carbonyl (C=O) groups excluding carboxylic acids is 1. The van der Waals surface area contributed by atoms with Crippen LogP contribution in [0.3, 0.4) is 0 Å². The average Bonchev–Trinajstić information content (AvgIpc) is 1.94. The molecule has 0 spiro atoms. The van der Waals surface area contributed by atoms with Crippen molar-refractivity contribution in [3.05, 3.63) is 0 Å². The van der Waals surface area contributed by atoms with E-state index < -0.39 is 17.8 Å². The third-order valence-electron chi connectivity index (χ3n) is 1.94. The molecule has 13 heavy (non-hydrogen) atoms. The molecule has 1 amide bonds. The first-order valence-electron chi connectivity index (χ1n) is 4.56. The number of rotatable bonds is 1. The Labute approximate surface area is 78.3 Å². The van der Waals surface area contributed by atoms with Crippen LogP contribution in [-0.2, 0) is 4.74 Å². The summed E-state index contributed by atoms with van der Waals surface area (Å²) in [6.45, 7) is 5.43. The van der Waals surface area contributed by atoms with E-state index in [-0.39, 0.29) is 6.04 Å². The fraction of sp³-hybridized carbons (Fsp3) is 0.889. The monoisotopic (exact) mass is 187 g/mol. The maximum atomic E-state index is 11.2. The molecule has 1 saturated carbocycles. The maximum absolute atomic E-state index is 11.2. The molecule has 4 heteroatoms. The first-order valence-corrected chi connectivity index (χ1v) is 4.56. The minimum absolute atomic E-state index is 0.116. The Hall–Kier alpha value is -0.770. The number of nitrogens with one attached hydrogen (secondary N) is 1. The van der Waals surface area contributed by atoms with Crippen molar-refractivity contribution in [3.63, 3.8) is 0 Å². The standard InChI is InChI=1S/C9H17NO3/c1-9(2,3)13-8(12)10-6-4-5-7(6)11/h6-7,11H,4-5H2,1-3H3,(H,10,12)/t6-,7+/m1/s1. The van der Waals surface area contributed by atoms with E-state index in [1.807, 2.05) is 20.8 Å². The van der Waals surface area contributed by atoms with Gasteiger partial charge in [-0.05, 0) is 33.6 Å². The highest BCUT2D eigenvalue weighted by Crippen LogP contribution is 2.19. The van der Waals surface area contributed by atoms with Gasteiger partial charge in [0.15, 0.2) is 0 Å². The molecular weight excluding hydrogens is 170 g/mol. The zero-order valence-electron chi connectivity index (χ0n) is 8.33. The Kier molecular flexibility index (Phi) is 2.81. The summed E-state index contributed by atoms with van der Waals surface area (Å²) in [6, 6.07) is -0.116. The smallest absolute Gasteiger partial charge is 0.407 e. The van der Waals surface area contributed by atoms with Gasteiger partial charge in [0.25, 0.3) is 0 Å². The Bertz CT molecular complexity index is 198. The lowest BCUT2D eigenvalue weighted by Crippen LogP contribution is -2.51. The summed E-state index contributed by atoms with van der Waals surface area (Å²) in [5.74, 6) is 0. The van der Waals surface area contributed by atoms with Crippen molar-refractivity contribution in [1.29, 1.82) is 0 Å². The summed E-state index contributed by atoms with van der Waals surface area (Å²) in [5, 5.41) is 11.8. The second-order valence-electron chi connectivity index (χ2n) is 4.40. The van der Waals surface area contributed by atoms with Crippen molar-refractivity contribution in [2.24, 2.45) is 0 Å². The zero-order valence-corrected chi connectivity index (χ0v) is 8.33. The van der Waals surface area contributed by atoms with E-state index in [1.165, 1.54) is 0 Å². The molecule has 1 fully saturated rings. The molecule has 0 unspecified atom stereocenters. The number of hydrogen-bond donors (Lipinski definition) is 2. The highest BCUT2D eigenvalue weighted by molar-refractivity contribution is 5.68. The van der Waals surface area contributed by atoms with Crippen LogP contribution in [0.1, 0.15) is 33.6 Å². The van der Waals surface area contributed by atoms with Gasteiger partial charge in [0.05, 0.1) is 12.1 Å². The normalized spacial score (nSPS) is 27.7. The van der Waals surface area contributed by atoms with E-state index in [9.17, 15) is 9.90 Å². The molecule has 4 nitrogen and oxygen atoms in total. The number of aliphatic hydroxyl groups excluding tert-OH is 1. The van der Waals surface area contributed by atoms with Gasteiger partial charge in [-0.25, -0.2) is 4.79 Å². The molecule has 2 atom stereocenters. The van der Waals surface area contributed by atoms with Gasteiger partial charge in [0.2, 0.25) is 0 Å². The quantitative estimate of drug-likeness (QED) is 0.644. The van der Waals surface area contributed by atoms with Crippen LogP contribution in [0.15, 0.2) is 0 Å². The van der Waals surface area contributed by atoms with Gasteiger partial charge >= 0.3 is 6.09 Å². The minimum atomic E-state index is -0.473. The van der Waals surface area contributed by atoms with Gasteiger partial charge in [-0.3, -0.25) is 0 Å². The molecule has 0 bridgehead atoms. The highest BCUT2D eigenvalue weighted by Gasteiger charge is 2.31. The molecule has 0 radical (unpaired) electrons. The summed E-state index contributed by atoms with van der Waals surface area (Å²) in [6.07, 6.45) is 0.754. The Morgan fingerprint density at radius 3 is 2.38 bits per heavy atom. The SMILES string of the molecule is CC(C)(C)OC(=O)N[C@@H]1CC[C@@H]1O. The van der Waals surface area contributed by atoms with Crippen LogP contribution in [0.25, 0.3) is 0 Å². The van der Waals surface area contributed by atoms with E-state index in [2.05, 4.69) is 5.32 Å². The summed E-state index contributed by atoms with van der Waals surface area (Å²) >= 11 is 0. The fourth-order valence-electron chi connectivity index (χ4n) is 1.11. The second-order valence-corrected chi connectivity index (χ2v) is 4.40. The maximum Gasteiger partial charge on any atom is 0.407 e. The molecular formula is C9H17NO3. The summed E-state index contributed by atoms with van der Waals surface area (Å²) in [4.78, 5) is 11.2. The number of hydrogen-bond acceptors (Lipinski definition) is 3. The Balaban J connectivity index is 2.25. The number of carbonyl (C=O) groups is 1. The van der Waals surface area contributed by atoms with Crippen LogP contribution in [0.2, 0.25) is 0 Å². The fourth-order valence-corrected chi connectivity index (χ4v) is 1.11. The lowest BCUT2D eigenvalue weighted by Gasteiger charge is -2.33. The molecule has 1 aliphatic carbocycles. The molecule has 0 aliphatic heterocycles. The molecule has 1 aliphatic rings. The predicted octanol–water partition coefficient (Wildman–Crippen LogP) is 1.03. The summed E-state index contributed by atoms with van der Waals surface area (Å²) in [5.41, 5.74) is -0.473. The Morgan fingerprint density at radius 1 is 1.46 bits per heavy atom. The summed E-state index contributed by atoms with van der Waals surface area (Å²) < 4.78 is 5.03. The van der Waals surface area contributed by atoms with Gasteiger partial charge < -0.3 is 15.2 Å². The van der Waals surface area contributed by atoms with Gasteiger partial charge in [-0.15, -0.1) is 0 Å². The highest BCUT2D eigenvalue weighted by atomic mass is 16.6. The molecule has 0 aromatic heterocycles. The molecule has 0 saturated heterocycles. The Morgan fingerprint density at radius 2 is 2.08 bits per heavy atom. The van der Waals surface area contributed by atoms with Crippen LogP contribution in [0.5, 0.6) is 0 Å². The van der Waals surface area contributed by atoms with E-state index >= 15 is 0 Å². The lowest BCUT2D eigenvalue weighted by atomic mass is 9.89. The molecule has 1 rings (SSSR count). The third-order valence-corrected chi connectivity index (χ3v) is 1.94. The predicted molar refractivity (Wildman–Crippen MR) is 48.4 cm³/mol. The van der Waals surface area contributed by atoms with Crippen LogP contribution in [0, 0.1) is 0 Å². The summed E-state index contributed by atoms with van der Waals surface area (Å²) in [7, 11) is 0. The molecule has 0 aromatic rings. The number of ether oxygens (including phenoxy) is 1. The van der Waals surface area contributed by atoms with Crippen molar-refractivity contribution < 1.29 is 14.6 Å². The van der Waals surface area contributed by atoms with E-state index in [0.29, 0.717) is 0 Å². The van der Waals surface area contributed by atoms with Crippen molar-refractivity contribution in [3.8, 4) is 0 Å². The number of alkyl carbamates (subject to hydrolysis) is 1. The van der Waals surface area contributed by atoms with Crippen LogP contribution in [-0.4, -0.2) is 28.9 Å². The van der Waals surface area contributed by atoms with Gasteiger partial charge in [0.1, 0.15) is 5.60 Å². The van der Waals surface area contributed by atoms with E-state index in [1.54, 1.807) is 0 Å². The molecule has 0 heterocycles. The van der Waals surface area contributed by atoms with Crippen molar-refractivity contribution >= 4 is 6.09 Å². The third kappa shape index (κ3) is 3.22. The van der Waals surface area contributed by atoms with E-state index in [4.69, 9.17) is 4.74 Å². The first kappa shape index (κ1) is 10.3. The largest absolute Gasteiger partial charge is 0.444 e. The van der Waals surface area contributed by atoms with Crippen LogP contribution < -0.4 is 5.32 Å². The number of aliphatic hydroxyl groups is 1. The topological polar surface area (TPSA) is 58.6 Å². The first-order chi connectivity index (χ1) is 5.88. The molecule has 2 N–H and O–H groups in total. The molecule has 0 aromatic carbocycles. The van der Waals surface area contributed by atoms with Crippen molar-refractivity contribution in [2.45, 2.75) is 51.4 Å². The lowest BCUT2D eigenvalue weighted by molar-refractivity contribution is 0.0209. The van der Waals surface area contributed by atoms with E-state index in [0.717, 1.165) is 12.8 Å². The second kappa shape index (κ2) is 3.54. The van der Waals surface area contributed by atoms with Gasteiger partial charge in [-0.1, -0.05) is 0 Å². The molecule has 76 valence electrons. The van der Waals surface area contributed by atoms with Gasteiger partial charge in [0, 0.05) is 0 Å². The van der Waals surface area contributed by atoms with Crippen LogP contribution in [0.4, 0.5) is 4.79 Å². The average molecular weight is 187 g/mol. The van der Waals surface area contributed by atoms with Crippen LogP contribution >= 0.6 is 0 Å². The number of amides is 1. The zero-order chi connectivity index (χ0) is 10.1.